The fraction of sp³-hybridized carbons (Fsp3) is 0.412. The predicted molar refractivity (Wildman–Crippen MR) is 86.9 cm³/mol. The first-order valence-electron chi connectivity index (χ1n) is 7.86. The van der Waals surface area contributed by atoms with Crippen LogP contribution in [0.5, 0.6) is 0 Å². The molecular formula is C17H20F2N4. The lowest BCUT2D eigenvalue weighted by Gasteiger charge is -2.37. The zero-order valence-electron chi connectivity index (χ0n) is 13.4. The second-order valence-corrected chi connectivity index (χ2v) is 5.69. The van der Waals surface area contributed by atoms with Crippen molar-refractivity contribution in [3.8, 4) is 0 Å². The van der Waals surface area contributed by atoms with Gasteiger partial charge in [0.1, 0.15) is 23.3 Å². The van der Waals surface area contributed by atoms with E-state index in [9.17, 15) is 8.78 Å². The summed E-state index contributed by atoms with van der Waals surface area (Å²) in [6, 6.07) is 5.59. The van der Waals surface area contributed by atoms with Crippen LogP contribution >= 0.6 is 0 Å². The number of hydrogen-bond acceptors (Lipinski definition) is 4. The molecule has 0 spiro atoms. The lowest BCUT2D eigenvalue weighted by atomic mass is 10.2. The minimum atomic E-state index is -0.414. The highest BCUT2D eigenvalue weighted by Gasteiger charge is 2.21. The van der Waals surface area contributed by atoms with E-state index in [-0.39, 0.29) is 5.82 Å². The number of aromatic nitrogens is 2. The molecule has 0 atom stereocenters. The summed E-state index contributed by atoms with van der Waals surface area (Å²) in [6.07, 6.45) is 0.866. The molecule has 2 heterocycles. The highest BCUT2D eigenvalue weighted by Crippen LogP contribution is 2.23. The number of piperazine rings is 1. The molecule has 2 aromatic rings. The Morgan fingerprint density at radius 1 is 1.00 bits per heavy atom. The van der Waals surface area contributed by atoms with Crippen LogP contribution in [0.25, 0.3) is 0 Å². The Morgan fingerprint density at radius 2 is 1.70 bits per heavy atom. The molecule has 3 rings (SSSR count). The number of aryl methyl sites for hydroxylation is 2. The summed E-state index contributed by atoms with van der Waals surface area (Å²) in [5, 5.41) is 0. The Bertz CT molecular complexity index is 697. The van der Waals surface area contributed by atoms with E-state index in [1.165, 1.54) is 12.1 Å². The molecule has 6 heteroatoms. The SMILES string of the molecule is CCc1cc(N2CCN(c3cc(F)ccc3F)CC2)nc(C)n1. The van der Waals surface area contributed by atoms with Crippen LogP contribution in [0.3, 0.4) is 0 Å². The number of hydrogen-bond donors (Lipinski definition) is 0. The molecule has 0 amide bonds. The van der Waals surface area contributed by atoms with Gasteiger partial charge in [0.05, 0.1) is 5.69 Å². The van der Waals surface area contributed by atoms with Crippen molar-refractivity contribution >= 4 is 11.5 Å². The van der Waals surface area contributed by atoms with Gasteiger partial charge in [0.25, 0.3) is 0 Å². The number of nitrogens with zero attached hydrogens (tertiary/aromatic N) is 4. The average Bonchev–Trinajstić information content (AvgIpc) is 2.56. The van der Waals surface area contributed by atoms with E-state index in [0.29, 0.717) is 18.8 Å². The number of benzene rings is 1. The molecule has 1 aromatic carbocycles. The molecule has 0 radical (unpaired) electrons. The highest BCUT2D eigenvalue weighted by molar-refractivity contribution is 5.51. The molecule has 1 aliphatic rings. The third-order valence-electron chi connectivity index (χ3n) is 4.09. The number of anilines is 2. The first kappa shape index (κ1) is 15.6. The molecule has 0 aliphatic carbocycles. The quantitative estimate of drug-likeness (QED) is 0.871. The third-order valence-corrected chi connectivity index (χ3v) is 4.09. The Labute approximate surface area is 134 Å². The largest absolute Gasteiger partial charge is 0.366 e. The van der Waals surface area contributed by atoms with Crippen LogP contribution in [0.15, 0.2) is 24.3 Å². The van der Waals surface area contributed by atoms with Gasteiger partial charge in [-0.25, -0.2) is 18.7 Å². The van der Waals surface area contributed by atoms with Crippen LogP contribution in [0.2, 0.25) is 0 Å². The lowest BCUT2D eigenvalue weighted by Crippen LogP contribution is -2.47. The van der Waals surface area contributed by atoms with Crippen molar-refractivity contribution in [2.24, 2.45) is 0 Å². The monoisotopic (exact) mass is 318 g/mol. The molecule has 0 N–H and O–H groups in total. The predicted octanol–water partition coefficient (Wildman–Crippen LogP) is 2.95. The molecule has 4 nitrogen and oxygen atoms in total. The molecule has 1 aliphatic heterocycles. The third kappa shape index (κ3) is 3.41. The van der Waals surface area contributed by atoms with Gasteiger partial charge in [0.2, 0.25) is 0 Å². The molecule has 0 unspecified atom stereocenters. The van der Waals surface area contributed by atoms with E-state index >= 15 is 0 Å². The van der Waals surface area contributed by atoms with Gasteiger partial charge in [-0.1, -0.05) is 6.92 Å². The van der Waals surface area contributed by atoms with Crippen LogP contribution in [-0.2, 0) is 6.42 Å². The maximum atomic E-state index is 13.9. The maximum Gasteiger partial charge on any atom is 0.146 e. The Kier molecular flexibility index (Phi) is 4.41. The molecule has 0 bridgehead atoms. The molecular weight excluding hydrogens is 298 g/mol. The smallest absolute Gasteiger partial charge is 0.146 e. The van der Waals surface area contributed by atoms with Crippen molar-refractivity contribution in [2.45, 2.75) is 20.3 Å². The van der Waals surface area contributed by atoms with E-state index in [1.807, 2.05) is 17.9 Å². The topological polar surface area (TPSA) is 32.3 Å². The second-order valence-electron chi connectivity index (χ2n) is 5.69. The van der Waals surface area contributed by atoms with Gasteiger partial charge in [0, 0.05) is 44.0 Å². The number of halogens is 2. The zero-order chi connectivity index (χ0) is 16.4. The van der Waals surface area contributed by atoms with Gasteiger partial charge < -0.3 is 9.80 Å². The van der Waals surface area contributed by atoms with Crippen molar-refractivity contribution in [1.29, 1.82) is 0 Å². The molecule has 1 aromatic heterocycles. The van der Waals surface area contributed by atoms with Crippen LogP contribution in [0.4, 0.5) is 20.3 Å². The standard InChI is InChI=1S/C17H20F2N4/c1-3-14-11-17(21-12(2)20-14)23-8-6-22(7-9-23)16-10-13(18)4-5-15(16)19/h4-5,10-11H,3,6-9H2,1-2H3. The van der Waals surface area contributed by atoms with E-state index in [4.69, 9.17) is 0 Å². The van der Waals surface area contributed by atoms with E-state index in [2.05, 4.69) is 21.8 Å². The summed E-state index contributed by atoms with van der Waals surface area (Å²) in [7, 11) is 0. The maximum absolute atomic E-state index is 13.9. The molecule has 1 fully saturated rings. The minimum absolute atomic E-state index is 0.331. The van der Waals surface area contributed by atoms with Gasteiger partial charge >= 0.3 is 0 Å². The first-order chi connectivity index (χ1) is 11.1. The summed E-state index contributed by atoms with van der Waals surface area (Å²) in [6.45, 7) is 6.65. The second kappa shape index (κ2) is 6.48. The molecule has 23 heavy (non-hydrogen) atoms. The van der Waals surface area contributed by atoms with Crippen molar-refractivity contribution < 1.29 is 8.78 Å². The summed E-state index contributed by atoms with van der Waals surface area (Å²) in [5.41, 5.74) is 1.35. The molecule has 0 saturated carbocycles. The van der Waals surface area contributed by atoms with Gasteiger partial charge in [-0.05, 0) is 25.5 Å². The van der Waals surface area contributed by atoms with Crippen LogP contribution < -0.4 is 9.80 Å². The zero-order valence-corrected chi connectivity index (χ0v) is 13.4. The summed E-state index contributed by atoms with van der Waals surface area (Å²) in [5.74, 6) is 0.875. The van der Waals surface area contributed by atoms with Gasteiger partial charge in [-0.2, -0.15) is 0 Å². The highest BCUT2D eigenvalue weighted by atomic mass is 19.1. The lowest BCUT2D eigenvalue weighted by molar-refractivity contribution is 0.579. The van der Waals surface area contributed by atoms with Crippen molar-refractivity contribution in [1.82, 2.24) is 9.97 Å². The van der Waals surface area contributed by atoms with Crippen molar-refractivity contribution in [3.63, 3.8) is 0 Å². The van der Waals surface area contributed by atoms with E-state index in [0.717, 1.165) is 42.9 Å². The molecule has 1 saturated heterocycles. The normalized spacial score (nSPS) is 15.1. The van der Waals surface area contributed by atoms with Crippen molar-refractivity contribution in [3.05, 3.63) is 47.4 Å². The summed E-state index contributed by atoms with van der Waals surface area (Å²) >= 11 is 0. The fourth-order valence-electron chi connectivity index (χ4n) is 2.86. The van der Waals surface area contributed by atoms with E-state index < -0.39 is 5.82 Å². The Hall–Kier alpha value is -2.24. The Morgan fingerprint density at radius 3 is 2.39 bits per heavy atom. The summed E-state index contributed by atoms with van der Waals surface area (Å²) < 4.78 is 27.2. The van der Waals surface area contributed by atoms with Gasteiger partial charge in [-0.3, -0.25) is 0 Å². The fourth-order valence-corrected chi connectivity index (χ4v) is 2.86. The van der Waals surface area contributed by atoms with E-state index in [1.54, 1.807) is 0 Å². The minimum Gasteiger partial charge on any atom is -0.366 e. The number of rotatable bonds is 3. The first-order valence-corrected chi connectivity index (χ1v) is 7.86. The van der Waals surface area contributed by atoms with Gasteiger partial charge in [0.15, 0.2) is 0 Å². The Balaban J connectivity index is 1.73. The van der Waals surface area contributed by atoms with Gasteiger partial charge in [-0.15, -0.1) is 0 Å². The van der Waals surface area contributed by atoms with Crippen LogP contribution in [0.1, 0.15) is 18.4 Å². The average molecular weight is 318 g/mol. The van der Waals surface area contributed by atoms with Crippen molar-refractivity contribution in [2.75, 3.05) is 36.0 Å². The van der Waals surface area contributed by atoms with Crippen LogP contribution in [-0.4, -0.2) is 36.1 Å². The summed E-state index contributed by atoms with van der Waals surface area (Å²) in [4.78, 5) is 12.9. The molecule has 122 valence electrons. The van der Waals surface area contributed by atoms with Crippen LogP contribution in [0, 0.1) is 18.6 Å².